The fourth-order valence-corrected chi connectivity index (χ4v) is 2.56. The Kier molecular flexibility index (Phi) is 5.21. The molecule has 2 aromatic heterocycles. The number of imidazole rings is 1. The number of unbranched alkanes of at least 4 members (excludes halogenated alkanes) is 1. The summed E-state index contributed by atoms with van der Waals surface area (Å²) in [7, 11) is 0. The number of aromatic amines is 1. The SMILES string of the molecule is Cc1cc(-c2cnc[nH]2)n(CCCCOCc2ccccc2)n1. The summed E-state index contributed by atoms with van der Waals surface area (Å²) >= 11 is 0. The van der Waals surface area contributed by atoms with Crippen LogP contribution in [0.15, 0.2) is 48.9 Å². The van der Waals surface area contributed by atoms with E-state index < -0.39 is 0 Å². The van der Waals surface area contributed by atoms with Crippen LogP contribution in [0.5, 0.6) is 0 Å². The molecule has 0 amide bonds. The van der Waals surface area contributed by atoms with E-state index in [9.17, 15) is 0 Å². The van der Waals surface area contributed by atoms with Gasteiger partial charge in [-0.15, -0.1) is 0 Å². The molecule has 0 aliphatic carbocycles. The second-order valence-corrected chi connectivity index (χ2v) is 5.60. The van der Waals surface area contributed by atoms with Crippen LogP contribution in [-0.4, -0.2) is 26.4 Å². The predicted octanol–water partition coefficient (Wildman–Crippen LogP) is 3.58. The van der Waals surface area contributed by atoms with E-state index in [1.54, 1.807) is 6.33 Å². The van der Waals surface area contributed by atoms with Crippen molar-refractivity contribution in [3.63, 3.8) is 0 Å². The molecule has 3 aromatic rings. The van der Waals surface area contributed by atoms with Gasteiger partial charge in [0.25, 0.3) is 0 Å². The molecule has 5 heteroatoms. The van der Waals surface area contributed by atoms with Gasteiger partial charge in [0.15, 0.2) is 0 Å². The molecule has 0 spiro atoms. The molecule has 1 aromatic carbocycles. The molecule has 0 radical (unpaired) electrons. The Hall–Kier alpha value is -2.40. The van der Waals surface area contributed by atoms with Crippen LogP contribution in [0.3, 0.4) is 0 Å². The number of ether oxygens (including phenoxy) is 1. The Balaban J connectivity index is 1.43. The zero-order chi connectivity index (χ0) is 15.9. The van der Waals surface area contributed by atoms with Crippen molar-refractivity contribution in [1.29, 1.82) is 0 Å². The van der Waals surface area contributed by atoms with Crippen LogP contribution >= 0.6 is 0 Å². The highest BCUT2D eigenvalue weighted by Gasteiger charge is 2.08. The minimum Gasteiger partial charge on any atom is -0.377 e. The van der Waals surface area contributed by atoms with E-state index in [2.05, 4.69) is 33.3 Å². The molecule has 120 valence electrons. The Morgan fingerprint density at radius 1 is 1.17 bits per heavy atom. The largest absolute Gasteiger partial charge is 0.377 e. The number of H-pyrrole nitrogens is 1. The minimum atomic E-state index is 0.682. The molecule has 0 saturated heterocycles. The lowest BCUT2D eigenvalue weighted by Gasteiger charge is -2.07. The summed E-state index contributed by atoms with van der Waals surface area (Å²) < 4.78 is 7.76. The highest BCUT2D eigenvalue weighted by Crippen LogP contribution is 2.18. The molecule has 3 rings (SSSR count). The van der Waals surface area contributed by atoms with Gasteiger partial charge in [-0.3, -0.25) is 4.68 Å². The number of rotatable bonds is 8. The third-order valence-corrected chi connectivity index (χ3v) is 3.70. The molecular formula is C18H22N4O. The van der Waals surface area contributed by atoms with Crippen LogP contribution in [0.25, 0.3) is 11.4 Å². The van der Waals surface area contributed by atoms with Crippen LogP contribution in [0.2, 0.25) is 0 Å². The standard InChI is InChI=1S/C18H22N4O/c1-15-11-18(17-12-19-14-20-17)22(21-15)9-5-6-10-23-13-16-7-3-2-4-8-16/h2-4,7-8,11-12,14H,5-6,9-10,13H2,1H3,(H,19,20). The Morgan fingerprint density at radius 3 is 2.83 bits per heavy atom. The molecule has 0 fully saturated rings. The zero-order valence-electron chi connectivity index (χ0n) is 13.4. The quantitative estimate of drug-likeness (QED) is 0.647. The molecule has 0 atom stereocenters. The summed E-state index contributed by atoms with van der Waals surface area (Å²) in [6.45, 7) is 4.35. The van der Waals surface area contributed by atoms with Crippen molar-refractivity contribution < 1.29 is 4.74 Å². The summed E-state index contributed by atoms with van der Waals surface area (Å²) in [5, 5.41) is 4.56. The number of benzene rings is 1. The maximum Gasteiger partial charge on any atom is 0.0924 e. The zero-order valence-corrected chi connectivity index (χ0v) is 13.4. The van der Waals surface area contributed by atoms with Crippen LogP contribution < -0.4 is 0 Å². The molecule has 0 bridgehead atoms. The first-order valence-electron chi connectivity index (χ1n) is 7.98. The van der Waals surface area contributed by atoms with Crippen molar-refractivity contribution in [3.8, 4) is 11.4 Å². The molecule has 5 nitrogen and oxygen atoms in total. The number of aryl methyl sites for hydroxylation is 2. The van der Waals surface area contributed by atoms with E-state index in [-0.39, 0.29) is 0 Å². The smallest absolute Gasteiger partial charge is 0.0924 e. The highest BCUT2D eigenvalue weighted by molar-refractivity contribution is 5.53. The molecule has 1 N–H and O–H groups in total. The van der Waals surface area contributed by atoms with Gasteiger partial charge in [-0.2, -0.15) is 5.10 Å². The van der Waals surface area contributed by atoms with Gasteiger partial charge < -0.3 is 9.72 Å². The van der Waals surface area contributed by atoms with E-state index in [0.717, 1.165) is 43.1 Å². The summed E-state index contributed by atoms with van der Waals surface area (Å²) in [4.78, 5) is 7.22. The van der Waals surface area contributed by atoms with Gasteiger partial charge in [-0.1, -0.05) is 30.3 Å². The summed E-state index contributed by atoms with van der Waals surface area (Å²) in [5.41, 5.74) is 4.34. The van der Waals surface area contributed by atoms with Crippen molar-refractivity contribution in [3.05, 3.63) is 60.2 Å². The van der Waals surface area contributed by atoms with Gasteiger partial charge in [0.1, 0.15) is 0 Å². The van der Waals surface area contributed by atoms with Crippen LogP contribution in [0.4, 0.5) is 0 Å². The third-order valence-electron chi connectivity index (χ3n) is 3.70. The number of nitrogens with zero attached hydrogens (tertiary/aromatic N) is 3. The Bertz CT molecular complexity index is 704. The molecule has 2 heterocycles. The van der Waals surface area contributed by atoms with Gasteiger partial charge in [0.05, 0.1) is 36.2 Å². The second kappa shape index (κ2) is 7.74. The van der Waals surface area contributed by atoms with Crippen molar-refractivity contribution >= 4 is 0 Å². The van der Waals surface area contributed by atoms with Crippen molar-refractivity contribution in [2.45, 2.75) is 32.9 Å². The van der Waals surface area contributed by atoms with Gasteiger partial charge in [-0.05, 0) is 31.4 Å². The van der Waals surface area contributed by atoms with E-state index in [1.807, 2.05) is 36.0 Å². The molecule has 0 unspecified atom stereocenters. The summed E-state index contributed by atoms with van der Waals surface area (Å²) in [6, 6.07) is 12.4. The van der Waals surface area contributed by atoms with E-state index in [4.69, 9.17) is 4.74 Å². The van der Waals surface area contributed by atoms with Gasteiger partial charge in [-0.25, -0.2) is 4.98 Å². The molecule has 0 aliphatic rings. The second-order valence-electron chi connectivity index (χ2n) is 5.60. The number of nitrogens with one attached hydrogen (secondary N) is 1. The Labute approximate surface area is 136 Å². The fourth-order valence-electron chi connectivity index (χ4n) is 2.56. The average molecular weight is 310 g/mol. The predicted molar refractivity (Wildman–Crippen MR) is 89.9 cm³/mol. The van der Waals surface area contributed by atoms with Crippen molar-refractivity contribution in [1.82, 2.24) is 19.7 Å². The first kappa shape index (κ1) is 15.5. The van der Waals surface area contributed by atoms with Gasteiger partial charge >= 0.3 is 0 Å². The van der Waals surface area contributed by atoms with Crippen LogP contribution in [0, 0.1) is 6.92 Å². The summed E-state index contributed by atoms with van der Waals surface area (Å²) in [5.74, 6) is 0. The molecular weight excluding hydrogens is 288 g/mol. The molecule has 0 aliphatic heterocycles. The lowest BCUT2D eigenvalue weighted by molar-refractivity contribution is 0.116. The van der Waals surface area contributed by atoms with E-state index in [1.165, 1.54) is 5.56 Å². The average Bonchev–Trinajstić information content (AvgIpc) is 3.21. The lowest BCUT2D eigenvalue weighted by atomic mass is 10.2. The fraction of sp³-hybridized carbons (Fsp3) is 0.333. The monoisotopic (exact) mass is 310 g/mol. The molecule has 23 heavy (non-hydrogen) atoms. The topological polar surface area (TPSA) is 55.7 Å². The van der Waals surface area contributed by atoms with Gasteiger partial charge in [0.2, 0.25) is 0 Å². The van der Waals surface area contributed by atoms with E-state index >= 15 is 0 Å². The summed E-state index contributed by atoms with van der Waals surface area (Å²) in [6.07, 6.45) is 5.58. The lowest BCUT2D eigenvalue weighted by Crippen LogP contribution is -2.04. The first-order chi connectivity index (χ1) is 11.3. The van der Waals surface area contributed by atoms with Crippen molar-refractivity contribution in [2.75, 3.05) is 6.61 Å². The normalized spacial score (nSPS) is 11.0. The van der Waals surface area contributed by atoms with Crippen LogP contribution in [-0.2, 0) is 17.9 Å². The maximum absolute atomic E-state index is 5.72. The number of aromatic nitrogens is 4. The van der Waals surface area contributed by atoms with Crippen LogP contribution in [0.1, 0.15) is 24.1 Å². The molecule has 0 saturated carbocycles. The minimum absolute atomic E-state index is 0.682. The Morgan fingerprint density at radius 2 is 2.04 bits per heavy atom. The van der Waals surface area contributed by atoms with Gasteiger partial charge in [0, 0.05) is 13.2 Å². The number of hydrogen-bond acceptors (Lipinski definition) is 3. The van der Waals surface area contributed by atoms with Crippen molar-refractivity contribution in [2.24, 2.45) is 0 Å². The highest BCUT2D eigenvalue weighted by atomic mass is 16.5. The number of hydrogen-bond donors (Lipinski definition) is 1. The van der Waals surface area contributed by atoms with E-state index in [0.29, 0.717) is 6.61 Å². The first-order valence-corrected chi connectivity index (χ1v) is 7.98. The third kappa shape index (κ3) is 4.29. The maximum atomic E-state index is 5.72.